The number of pyridine rings is 1. The minimum atomic E-state index is -0.711. The molecule has 5 aromatic rings. The van der Waals surface area contributed by atoms with Gasteiger partial charge in [-0.25, -0.2) is 4.98 Å². The number of rotatable bonds is 6. The number of carbonyl (C=O) groups is 2. The third-order valence-corrected chi connectivity index (χ3v) is 9.46. The van der Waals surface area contributed by atoms with Crippen molar-refractivity contribution in [2.45, 2.75) is 31.6 Å². The van der Waals surface area contributed by atoms with Crippen LogP contribution in [0.3, 0.4) is 0 Å². The van der Waals surface area contributed by atoms with Crippen LogP contribution in [0, 0.1) is 5.41 Å². The minimum absolute atomic E-state index is 0.0558. The summed E-state index contributed by atoms with van der Waals surface area (Å²) in [6, 6.07) is 26.4. The Labute approximate surface area is 242 Å². The summed E-state index contributed by atoms with van der Waals surface area (Å²) < 4.78 is 0. The Morgan fingerprint density at radius 3 is 2.39 bits per heavy atom. The summed E-state index contributed by atoms with van der Waals surface area (Å²) in [7, 11) is 0. The quantitative estimate of drug-likeness (QED) is 0.249. The molecule has 2 amide bonds. The topological polar surface area (TPSA) is 98.0 Å². The highest BCUT2D eigenvalue weighted by Crippen LogP contribution is 2.61. The van der Waals surface area contributed by atoms with E-state index in [0.29, 0.717) is 23.5 Å². The van der Waals surface area contributed by atoms with Crippen molar-refractivity contribution in [3.63, 3.8) is 0 Å². The Kier molecular flexibility index (Phi) is 6.05. The molecule has 0 fully saturated rings. The van der Waals surface area contributed by atoms with Crippen LogP contribution in [0.5, 0.6) is 0 Å². The number of nitrogens with zero attached hydrogens (tertiary/aromatic N) is 2. The van der Waals surface area contributed by atoms with Gasteiger partial charge in [-0.05, 0) is 70.5 Å². The summed E-state index contributed by atoms with van der Waals surface area (Å²) in [5.41, 5.74) is 14.3. The van der Waals surface area contributed by atoms with Crippen molar-refractivity contribution in [2.24, 2.45) is 11.1 Å². The van der Waals surface area contributed by atoms with Gasteiger partial charge in [0.05, 0.1) is 11.1 Å². The molecule has 7 heteroatoms. The number of carbonyl (C=O) groups excluding carboxylic acids is 2. The third kappa shape index (κ3) is 4.24. The molecule has 3 aliphatic rings. The van der Waals surface area contributed by atoms with Gasteiger partial charge in [-0.15, -0.1) is 11.3 Å². The predicted octanol–water partition coefficient (Wildman–Crippen LogP) is 6.52. The number of hydrogen-bond acceptors (Lipinski definition) is 5. The number of nitrogens with one attached hydrogen (secondary N) is 1. The van der Waals surface area contributed by atoms with E-state index in [0.717, 1.165) is 39.1 Å². The highest BCUT2D eigenvalue weighted by atomic mass is 32.1. The number of benzene rings is 3. The van der Waals surface area contributed by atoms with Gasteiger partial charge in [-0.1, -0.05) is 60.7 Å². The Balaban J connectivity index is 1.13. The molecule has 2 heterocycles. The smallest absolute Gasteiger partial charge is 0.249 e. The van der Waals surface area contributed by atoms with E-state index in [4.69, 9.17) is 10.7 Å². The van der Waals surface area contributed by atoms with E-state index in [9.17, 15) is 9.59 Å². The van der Waals surface area contributed by atoms with Crippen LogP contribution in [-0.2, 0) is 11.2 Å². The first-order valence-electron chi connectivity index (χ1n) is 13.7. The SMILES string of the molecule is CC1(C(=O)Nc2nc(Cc3ccc(-c4ccncc4)cc3)cs2)CC2c3ccccc3C1c1cccc(C(N)=O)c12. The zero-order valence-corrected chi connectivity index (χ0v) is 23.3. The number of aromatic nitrogens is 2. The van der Waals surface area contributed by atoms with E-state index < -0.39 is 11.3 Å². The Morgan fingerprint density at radius 2 is 1.63 bits per heavy atom. The van der Waals surface area contributed by atoms with Crippen LogP contribution < -0.4 is 11.1 Å². The molecule has 2 bridgehead atoms. The lowest BCUT2D eigenvalue weighted by Crippen LogP contribution is -2.47. The van der Waals surface area contributed by atoms with E-state index in [-0.39, 0.29) is 17.7 Å². The van der Waals surface area contributed by atoms with Crippen LogP contribution in [0.25, 0.3) is 11.1 Å². The fraction of sp³-hybridized carbons (Fsp3) is 0.176. The van der Waals surface area contributed by atoms with Crippen molar-refractivity contribution in [3.05, 3.63) is 136 Å². The van der Waals surface area contributed by atoms with Gasteiger partial charge < -0.3 is 11.1 Å². The fourth-order valence-corrected chi connectivity index (χ4v) is 7.48. The molecule has 3 unspecified atom stereocenters. The van der Waals surface area contributed by atoms with Crippen LogP contribution >= 0.6 is 11.3 Å². The average molecular weight is 557 g/mol. The van der Waals surface area contributed by atoms with Crippen LogP contribution in [0.1, 0.15) is 69.0 Å². The van der Waals surface area contributed by atoms with Gasteiger partial charge in [0.2, 0.25) is 11.8 Å². The first kappa shape index (κ1) is 25.4. The van der Waals surface area contributed by atoms with Gasteiger partial charge in [-0.3, -0.25) is 14.6 Å². The van der Waals surface area contributed by atoms with Gasteiger partial charge in [0.1, 0.15) is 0 Å². The number of nitrogens with two attached hydrogens (primary N) is 1. The number of fused-ring (bicyclic) bond motifs is 1. The monoisotopic (exact) mass is 556 g/mol. The van der Waals surface area contributed by atoms with Gasteiger partial charge in [-0.2, -0.15) is 0 Å². The van der Waals surface area contributed by atoms with Crippen LogP contribution in [-0.4, -0.2) is 21.8 Å². The van der Waals surface area contributed by atoms with Crippen LogP contribution in [0.4, 0.5) is 5.13 Å². The van der Waals surface area contributed by atoms with Gasteiger partial charge in [0, 0.05) is 41.6 Å². The number of anilines is 1. The zero-order chi connectivity index (χ0) is 28.1. The number of primary amides is 1. The Hall–Kier alpha value is -4.62. The maximum Gasteiger partial charge on any atom is 0.249 e. The maximum absolute atomic E-state index is 14.0. The first-order chi connectivity index (χ1) is 19.9. The van der Waals surface area contributed by atoms with Crippen molar-refractivity contribution < 1.29 is 9.59 Å². The predicted molar refractivity (Wildman–Crippen MR) is 161 cm³/mol. The maximum atomic E-state index is 14.0. The molecule has 0 aliphatic heterocycles. The molecule has 8 rings (SSSR count). The van der Waals surface area contributed by atoms with Gasteiger partial charge in [0.15, 0.2) is 5.13 Å². The molecule has 0 spiro atoms. The summed E-state index contributed by atoms with van der Waals surface area (Å²) in [6.07, 6.45) is 4.87. The lowest BCUT2D eigenvalue weighted by molar-refractivity contribution is -0.126. The summed E-state index contributed by atoms with van der Waals surface area (Å²) in [5.74, 6) is -0.746. The molecule has 202 valence electrons. The van der Waals surface area contributed by atoms with Gasteiger partial charge in [0.25, 0.3) is 0 Å². The van der Waals surface area contributed by atoms with Crippen molar-refractivity contribution in [3.8, 4) is 11.1 Å². The molecule has 3 N–H and O–H groups in total. The third-order valence-electron chi connectivity index (χ3n) is 8.66. The lowest BCUT2D eigenvalue weighted by Gasteiger charge is -2.51. The van der Waals surface area contributed by atoms with E-state index in [1.54, 1.807) is 18.5 Å². The average Bonchev–Trinajstić information content (AvgIpc) is 3.44. The molecule has 3 aromatic carbocycles. The van der Waals surface area contributed by atoms with E-state index >= 15 is 0 Å². The second-order valence-electron chi connectivity index (χ2n) is 11.1. The first-order valence-corrected chi connectivity index (χ1v) is 14.6. The summed E-state index contributed by atoms with van der Waals surface area (Å²) in [4.78, 5) is 35.2. The minimum Gasteiger partial charge on any atom is -0.366 e. The highest BCUT2D eigenvalue weighted by Gasteiger charge is 2.54. The molecule has 0 saturated carbocycles. The molecule has 3 atom stereocenters. The highest BCUT2D eigenvalue weighted by molar-refractivity contribution is 7.13. The van der Waals surface area contributed by atoms with Crippen molar-refractivity contribution in [1.29, 1.82) is 0 Å². The van der Waals surface area contributed by atoms with Crippen molar-refractivity contribution >= 4 is 28.3 Å². The number of thiazole rings is 1. The molecule has 3 aliphatic carbocycles. The number of amides is 2. The molecule has 41 heavy (non-hydrogen) atoms. The van der Waals surface area contributed by atoms with E-state index in [1.807, 2.05) is 48.7 Å². The Bertz CT molecular complexity index is 1800. The molecule has 0 radical (unpaired) electrons. The summed E-state index contributed by atoms with van der Waals surface area (Å²) in [5, 5.41) is 5.75. The standard InChI is InChI=1S/C34H28N4O2S/c1-34(18-28-24-5-2-3-6-25(24)30(34)26-7-4-8-27(29(26)28)31(35)39)32(40)38-33-37-23(19-41-33)17-20-9-11-21(12-10-20)22-13-15-36-16-14-22/h2-16,19,28,30H,17-18H2,1H3,(H2,35,39)(H,37,38,40). The molecule has 2 aromatic heterocycles. The molecular formula is C34H28N4O2S. The normalized spacial score (nSPS) is 20.2. The summed E-state index contributed by atoms with van der Waals surface area (Å²) in [6.45, 7) is 2.04. The molecule has 6 nitrogen and oxygen atoms in total. The van der Waals surface area contributed by atoms with Crippen molar-refractivity contribution in [2.75, 3.05) is 5.32 Å². The van der Waals surface area contributed by atoms with Crippen molar-refractivity contribution in [1.82, 2.24) is 9.97 Å². The largest absolute Gasteiger partial charge is 0.366 e. The Morgan fingerprint density at radius 1 is 0.927 bits per heavy atom. The fourth-order valence-electron chi connectivity index (χ4n) is 6.77. The van der Waals surface area contributed by atoms with Crippen LogP contribution in [0.2, 0.25) is 0 Å². The second kappa shape index (κ2) is 9.78. The van der Waals surface area contributed by atoms with E-state index in [1.165, 1.54) is 16.9 Å². The van der Waals surface area contributed by atoms with E-state index in [2.05, 4.69) is 46.7 Å². The summed E-state index contributed by atoms with van der Waals surface area (Å²) >= 11 is 1.45. The lowest BCUT2D eigenvalue weighted by atomic mass is 9.52. The zero-order valence-electron chi connectivity index (χ0n) is 22.5. The molecular weight excluding hydrogens is 528 g/mol. The second-order valence-corrected chi connectivity index (χ2v) is 12.0. The van der Waals surface area contributed by atoms with Crippen LogP contribution in [0.15, 0.2) is 96.6 Å². The number of hydrogen-bond donors (Lipinski definition) is 2. The molecule has 0 saturated heterocycles. The van der Waals surface area contributed by atoms with Gasteiger partial charge >= 0.3 is 0 Å².